The van der Waals surface area contributed by atoms with Crippen molar-refractivity contribution in [2.75, 3.05) is 23.9 Å². The minimum absolute atomic E-state index is 0.0516. The average Bonchev–Trinajstić information content (AvgIpc) is 2.27. The van der Waals surface area contributed by atoms with Crippen molar-refractivity contribution in [2.24, 2.45) is 0 Å². The second-order valence-electron chi connectivity index (χ2n) is 5.05. The first-order chi connectivity index (χ1) is 8.00. The summed E-state index contributed by atoms with van der Waals surface area (Å²) in [5.41, 5.74) is 0.776. The highest BCUT2D eigenvalue weighted by Crippen LogP contribution is 2.25. The second-order valence-corrected chi connectivity index (χ2v) is 5.36. The van der Waals surface area contributed by atoms with E-state index in [1.165, 1.54) is 0 Å². The summed E-state index contributed by atoms with van der Waals surface area (Å²) in [6, 6.07) is 1.99. The molecule has 1 aromatic heterocycles. The lowest BCUT2D eigenvalue weighted by atomic mass is 10.1. The Morgan fingerprint density at radius 3 is 2.94 bits per heavy atom. The number of hydrogen-bond acceptors (Lipinski definition) is 4. The third-order valence-electron chi connectivity index (χ3n) is 2.77. The van der Waals surface area contributed by atoms with Crippen LogP contribution in [-0.2, 0) is 4.74 Å². The topological polar surface area (TPSA) is 38.2 Å². The van der Waals surface area contributed by atoms with Crippen molar-refractivity contribution >= 4 is 17.4 Å². The zero-order chi connectivity index (χ0) is 12.5. The maximum Gasteiger partial charge on any atom is 0.132 e. The third-order valence-corrected chi connectivity index (χ3v) is 3.11. The van der Waals surface area contributed by atoms with Gasteiger partial charge >= 0.3 is 0 Å². The first kappa shape index (κ1) is 12.6. The monoisotopic (exact) mass is 255 g/mol. The van der Waals surface area contributed by atoms with Gasteiger partial charge in [-0.25, -0.2) is 9.97 Å². The smallest absolute Gasteiger partial charge is 0.132 e. The first-order valence-corrected chi connectivity index (χ1v) is 6.31. The van der Waals surface area contributed by atoms with E-state index in [2.05, 4.69) is 28.7 Å². The summed E-state index contributed by atoms with van der Waals surface area (Å²) in [5, 5.41) is 0. The summed E-state index contributed by atoms with van der Waals surface area (Å²) in [5.74, 6) is 1.45. The zero-order valence-electron chi connectivity index (χ0n) is 10.5. The third kappa shape index (κ3) is 3.07. The van der Waals surface area contributed by atoms with Gasteiger partial charge in [-0.05, 0) is 20.8 Å². The van der Waals surface area contributed by atoms with Crippen LogP contribution in [0.3, 0.4) is 0 Å². The molecule has 2 heterocycles. The standard InChI is InChI=1S/C12H18ClN3O/c1-9-4-11(15-8-14-9)16-6-10(5-13)17-12(2,3)7-16/h4,8,10H,5-7H2,1-3H3. The number of alkyl halides is 1. The Bertz CT molecular complexity index is 397. The molecule has 17 heavy (non-hydrogen) atoms. The molecule has 1 atom stereocenters. The second kappa shape index (κ2) is 4.78. The maximum atomic E-state index is 5.91. The van der Waals surface area contributed by atoms with Crippen molar-refractivity contribution in [3.05, 3.63) is 18.1 Å². The molecule has 1 fully saturated rings. The summed E-state index contributed by atoms with van der Waals surface area (Å²) in [6.07, 6.45) is 1.65. The molecule has 1 aliphatic heterocycles. The molecule has 94 valence electrons. The van der Waals surface area contributed by atoms with Gasteiger partial charge in [0, 0.05) is 24.8 Å². The molecule has 0 saturated carbocycles. The minimum Gasteiger partial charge on any atom is -0.367 e. The van der Waals surface area contributed by atoms with Crippen molar-refractivity contribution in [3.8, 4) is 0 Å². The Morgan fingerprint density at radius 2 is 2.29 bits per heavy atom. The van der Waals surface area contributed by atoms with E-state index in [0.29, 0.717) is 5.88 Å². The van der Waals surface area contributed by atoms with Gasteiger partial charge in [-0.2, -0.15) is 0 Å². The van der Waals surface area contributed by atoms with E-state index in [1.807, 2.05) is 13.0 Å². The van der Waals surface area contributed by atoms with Crippen LogP contribution < -0.4 is 4.90 Å². The number of rotatable bonds is 2. The lowest BCUT2D eigenvalue weighted by Gasteiger charge is -2.42. The van der Waals surface area contributed by atoms with Gasteiger partial charge in [-0.15, -0.1) is 11.6 Å². The summed E-state index contributed by atoms with van der Waals surface area (Å²) < 4.78 is 5.89. The number of nitrogens with zero attached hydrogens (tertiary/aromatic N) is 3. The Balaban J connectivity index is 2.20. The molecule has 0 radical (unpaired) electrons. The molecule has 1 unspecified atom stereocenters. The number of hydrogen-bond donors (Lipinski definition) is 0. The molecule has 5 heteroatoms. The van der Waals surface area contributed by atoms with Crippen molar-refractivity contribution in [1.82, 2.24) is 9.97 Å². The van der Waals surface area contributed by atoms with E-state index in [-0.39, 0.29) is 11.7 Å². The number of aryl methyl sites for hydroxylation is 1. The molecular formula is C12H18ClN3O. The summed E-state index contributed by atoms with van der Waals surface area (Å²) in [6.45, 7) is 7.72. The highest BCUT2D eigenvalue weighted by Gasteiger charge is 2.33. The lowest BCUT2D eigenvalue weighted by molar-refractivity contribution is -0.0736. The number of ether oxygens (including phenoxy) is 1. The van der Waals surface area contributed by atoms with Crippen molar-refractivity contribution in [3.63, 3.8) is 0 Å². The number of halogens is 1. The normalized spacial score (nSPS) is 23.8. The summed E-state index contributed by atoms with van der Waals surface area (Å²) in [4.78, 5) is 10.6. The van der Waals surface area contributed by atoms with Crippen molar-refractivity contribution in [1.29, 1.82) is 0 Å². The van der Waals surface area contributed by atoms with Gasteiger partial charge in [0.15, 0.2) is 0 Å². The van der Waals surface area contributed by atoms with Crippen LogP contribution >= 0.6 is 11.6 Å². The van der Waals surface area contributed by atoms with E-state index in [0.717, 1.165) is 24.6 Å². The SMILES string of the molecule is Cc1cc(N2CC(CCl)OC(C)(C)C2)ncn1. The Kier molecular flexibility index (Phi) is 3.54. The van der Waals surface area contributed by atoms with Gasteiger partial charge in [0.2, 0.25) is 0 Å². The fraction of sp³-hybridized carbons (Fsp3) is 0.667. The molecule has 0 aromatic carbocycles. The number of anilines is 1. The zero-order valence-corrected chi connectivity index (χ0v) is 11.2. The largest absolute Gasteiger partial charge is 0.367 e. The van der Waals surface area contributed by atoms with Crippen LogP contribution in [0.1, 0.15) is 19.5 Å². The Labute approximate surface area is 107 Å². The van der Waals surface area contributed by atoms with E-state index in [1.54, 1.807) is 6.33 Å². The fourth-order valence-electron chi connectivity index (χ4n) is 2.16. The fourth-order valence-corrected chi connectivity index (χ4v) is 2.32. The van der Waals surface area contributed by atoms with Crippen LogP contribution in [0.2, 0.25) is 0 Å². The average molecular weight is 256 g/mol. The highest BCUT2D eigenvalue weighted by molar-refractivity contribution is 6.18. The molecule has 0 amide bonds. The van der Waals surface area contributed by atoms with Crippen LogP contribution in [0.5, 0.6) is 0 Å². The van der Waals surface area contributed by atoms with Crippen LogP contribution in [0.4, 0.5) is 5.82 Å². The van der Waals surface area contributed by atoms with Gasteiger partial charge < -0.3 is 9.64 Å². The van der Waals surface area contributed by atoms with Gasteiger partial charge in [0.25, 0.3) is 0 Å². The molecule has 2 rings (SSSR count). The number of aromatic nitrogens is 2. The van der Waals surface area contributed by atoms with Gasteiger partial charge in [0.1, 0.15) is 12.1 Å². The van der Waals surface area contributed by atoms with E-state index in [4.69, 9.17) is 16.3 Å². The molecule has 1 aromatic rings. The van der Waals surface area contributed by atoms with Crippen LogP contribution in [0.25, 0.3) is 0 Å². The highest BCUT2D eigenvalue weighted by atomic mass is 35.5. The van der Waals surface area contributed by atoms with Crippen molar-refractivity contribution < 1.29 is 4.74 Å². The van der Waals surface area contributed by atoms with Gasteiger partial charge in [-0.1, -0.05) is 0 Å². The minimum atomic E-state index is -0.198. The van der Waals surface area contributed by atoms with Crippen LogP contribution in [-0.4, -0.2) is 40.6 Å². The number of morpholine rings is 1. The Hall–Kier alpha value is -0.870. The van der Waals surface area contributed by atoms with Crippen LogP contribution in [0, 0.1) is 6.92 Å². The van der Waals surface area contributed by atoms with E-state index >= 15 is 0 Å². The molecule has 1 aliphatic rings. The molecule has 0 aliphatic carbocycles. The summed E-state index contributed by atoms with van der Waals surface area (Å²) in [7, 11) is 0. The predicted molar refractivity (Wildman–Crippen MR) is 68.7 cm³/mol. The molecular weight excluding hydrogens is 238 g/mol. The van der Waals surface area contributed by atoms with Crippen molar-refractivity contribution in [2.45, 2.75) is 32.5 Å². The molecule has 0 spiro atoms. The van der Waals surface area contributed by atoms with Crippen LogP contribution in [0.15, 0.2) is 12.4 Å². The van der Waals surface area contributed by atoms with E-state index < -0.39 is 0 Å². The summed E-state index contributed by atoms with van der Waals surface area (Å²) >= 11 is 5.91. The van der Waals surface area contributed by atoms with Gasteiger partial charge in [0.05, 0.1) is 17.6 Å². The van der Waals surface area contributed by atoms with Gasteiger partial charge in [-0.3, -0.25) is 0 Å². The molecule has 4 nitrogen and oxygen atoms in total. The molecule has 0 N–H and O–H groups in total. The first-order valence-electron chi connectivity index (χ1n) is 5.77. The quantitative estimate of drug-likeness (QED) is 0.758. The Morgan fingerprint density at radius 1 is 1.53 bits per heavy atom. The molecule has 1 saturated heterocycles. The maximum absolute atomic E-state index is 5.91. The predicted octanol–water partition coefficient (Wildman–Crippen LogP) is 2.01. The lowest BCUT2D eigenvalue weighted by Crippen LogP contribution is -2.53. The van der Waals surface area contributed by atoms with E-state index in [9.17, 15) is 0 Å². The molecule has 0 bridgehead atoms.